The molecule has 1 atom stereocenters. The lowest BCUT2D eigenvalue weighted by Crippen LogP contribution is -2.27. The van der Waals surface area contributed by atoms with Crippen LogP contribution in [0.4, 0.5) is 0 Å². The molecule has 0 saturated heterocycles. The number of hydrogen-bond acceptors (Lipinski definition) is 5. The first-order valence-electron chi connectivity index (χ1n) is 15.4. The van der Waals surface area contributed by atoms with Crippen LogP contribution in [0.2, 0.25) is 0 Å². The number of ether oxygens (including phenoxy) is 2. The lowest BCUT2D eigenvalue weighted by Gasteiger charge is -2.20. The molecule has 0 bridgehead atoms. The zero-order chi connectivity index (χ0) is 27.4. The van der Waals surface area contributed by atoms with Gasteiger partial charge in [-0.25, -0.2) is 0 Å². The van der Waals surface area contributed by atoms with Crippen molar-refractivity contribution < 1.29 is 19.1 Å². The van der Waals surface area contributed by atoms with Crippen molar-refractivity contribution >= 4 is 11.9 Å². The monoisotopic (exact) mass is 521 g/mol. The Balaban J connectivity index is 3.60. The van der Waals surface area contributed by atoms with Crippen LogP contribution >= 0.6 is 0 Å². The van der Waals surface area contributed by atoms with Gasteiger partial charge in [-0.15, -0.1) is 0 Å². The fourth-order valence-electron chi connectivity index (χ4n) is 4.16. The van der Waals surface area contributed by atoms with Crippen LogP contribution in [-0.4, -0.2) is 49.7 Å². The highest BCUT2D eigenvalue weighted by atomic mass is 16.5. The van der Waals surface area contributed by atoms with Crippen LogP contribution in [0.1, 0.15) is 130 Å². The van der Waals surface area contributed by atoms with Crippen LogP contribution in [-0.2, 0) is 19.1 Å². The topological polar surface area (TPSA) is 55.8 Å². The average molecular weight is 522 g/mol. The first kappa shape index (κ1) is 35.4. The molecule has 0 radical (unpaired) electrons. The highest BCUT2D eigenvalue weighted by Gasteiger charge is 2.11. The molecule has 37 heavy (non-hydrogen) atoms. The van der Waals surface area contributed by atoms with Gasteiger partial charge in [0.25, 0.3) is 0 Å². The van der Waals surface area contributed by atoms with Gasteiger partial charge < -0.3 is 14.4 Å². The molecule has 0 aromatic rings. The van der Waals surface area contributed by atoms with Crippen molar-refractivity contribution in [3.8, 4) is 0 Å². The van der Waals surface area contributed by atoms with Gasteiger partial charge >= 0.3 is 11.9 Å². The summed E-state index contributed by atoms with van der Waals surface area (Å²) < 4.78 is 10.7. The third kappa shape index (κ3) is 25.8. The van der Waals surface area contributed by atoms with Gasteiger partial charge in [0, 0.05) is 18.8 Å². The summed E-state index contributed by atoms with van der Waals surface area (Å²) in [5.41, 5.74) is 0. The smallest absolute Gasteiger partial charge is 0.305 e. The molecule has 0 heterocycles. The predicted molar refractivity (Wildman–Crippen MR) is 157 cm³/mol. The minimum absolute atomic E-state index is 0.0224. The maximum Gasteiger partial charge on any atom is 0.305 e. The molecule has 0 N–H and O–H groups in total. The molecule has 0 aromatic carbocycles. The molecule has 1 unspecified atom stereocenters. The number of hydrogen-bond donors (Lipinski definition) is 0. The first-order valence-corrected chi connectivity index (χ1v) is 15.4. The highest BCUT2D eigenvalue weighted by Crippen LogP contribution is 2.10. The third-order valence-electron chi connectivity index (χ3n) is 6.32. The van der Waals surface area contributed by atoms with Crippen molar-refractivity contribution in [1.82, 2.24) is 4.90 Å². The minimum Gasteiger partial charge on any atom is -0.465 e. The Morgan fingerprint density at radius 2 is 1.14 bits per heavy atom. The summed E-state index contributed by atoms with van der Waals surface area (Å²) in [6.45, 7) is 12.3. The maximum absolute atomic E-state index is 12.0. The lowest BCUT2D eigenvalue weighted by molar-refractivity contribution is -0.148. The largest absolute Gasteiger partial charge is 0.465 e. The third-order valence-corrected chi connectivity index (χ3v) is 6.32. The van der Waals surface area contributed by atoms with Gasteiger partial charge in [-0.2, -0.15) is 0 Å². The zero-order valence-corrected chi connectivity index (χ0v) is 24.8. The van der Waals surface area contributed by atoms with Crippen molar-refractivity contribution in [2.45, 2.75) is 130 Å². The molecule has 0 aliphatic carbocycles. The normalized spacial score (nSPS) is 12.6. The standard InChI is InChI=1S/C32H59NO4/c1-5-8-9-10-11-12-13-14-15-16-17-18-19-20-21-23-31(34)36-28-30(4)29-37-32(35)24-22-27-33(25-6-2)26-7-3/h11-12,14-15,30H,5-10,13,16-29H2,1-4H3/b12-11-,15-14-. The number of carbonyl (C=O) groups is 2. The van der Waals surface area contributed by atoms with Crippen LogP contribution in [0, 0.1) is 5.92 Å². The van der Waals surface area contributed by atoms with E-state index in [0.29, 0.717) is 26.1 Å². The quantitative estimate of drug-likeness (QED) is 0.0649. The van der Waals surface area contributed by atoms with Crippen LogP contribution in [0.5, 0.6) is 0 Å². The molecule has 0 amide bonds. The molecule has 0 aliphatic rings. The summed E-state index contributed by atoms with van der Waals surface area (Å²) in [5.74, 6) is -0.277. The number of allylic oxidation sites excluding steroid dienone is 4. The molecule has 5 heteroatoms. The molecule has 0 aliphatic heterocycles. The van der Waals surface area contributed by atoms with Gasteiger partial charge in [-0.05, 0) is 77.4 Å². The summed E-state index contributed by atoms with van der Waals surface area (Å²) >= 11 is 0. The van der Waals surface area contributed by atoms with E-state index in [4.69, 9.17) is 9.47 Å². The van der Waals surface area contributed by atoms with Gasteiger partial charge in [0.15, 0.2) is 0 Å². The number of rotatable bonds is 26. The molecule has 0 spiro atoms. The first-order chi connectivity index (χ1) is 18.0. The second-order valence-electron chi connectivity index (χ2n) is 10.4. The molecule has 0 fully saturated rings. The minimum atomic E-state index is -0.156. The van der Waals surface area contributed by atoms with Gasteiger partial charge in [-0.1, -0.05) is 84.1 Å². The van der Waals surface area contributed by atoms with E-state index in [-0.39, 0.29) is 17.9 Å². The Kier molecular flexibility index (Phi) is 26.2. The van der Waals surface area contributed by atoms with Crippen LogP contribution in [0.25, 0.3) is 0 Å². The second kappa shape index (κ2) is 27.4. The van der Waals surface area contributed by atoms with E-state index in [1.165, 1.54) is 44.9 Å². The molecular formula is C32H59NO4. The predicted octanol–water partition coefficient (Wildman–Crippen LogP) is 8.42. The lowest BCUT2D eigenvalue weighted by atomic mass is 10.1. The molecule has 216 valence electrons. The van der Waals surface area contributed by atoms with E-state index >= 15 is 0 Å². The fourth-order valence-corrected chi connectivity index (χ4v) is 4.16. The zero-order valence-electron chi connectivity index (χ0n) is 24.8. The van der Waals surface area contributed by atoms with E-state index in [1.807, 2.05) is 6.92 Å². The van der Waals surface area contributed by atoms with Gasteiger partial charge in [0.05, 0.1) is 13.2 Å². The highest BCUT2D eigenvalue weighted by molar-refractivity contribution is 5.69. The molecule has 0 aromatic heterocycles. The Labute approximate surface area is 229 Å². The summed E-state index contributed by atoms with van der Waals surface area (Å²) in [6.07, 6.45) is 26.0. The van der Waals surface area contributed by atoms with Crippen LogP contribution in [0.15, 0.2) is 24.3 Å². The van der Waals surface area contributed by atoms with E-state index in [2.05, 4.69) is 50.0 Å². The summed E-state index contributed by atoms with van der Waals surface area (Å²) in [4.78, 5) is 26.4. The number of esters is 2. The van der Waals surface area contributed by atoms with Gasteiger partial charge in [0.1, 0.15) is 0 Å². The number of unbranched alkanes of at least 4 members (excludes halogenated alkanes) is 8. The Morgan fingerprint density at radius 1 is 0.622 bits per heavy atom. The number of nitrogens with zero attached hydrogens (tertiary/aromatic N) is 1. The van der Waals surface area contributed by atoms with Crippen molar-refractivity contribution in [3.63, 3.8) is 0 Å². The second-order valence-corrected chi connectivity index (χ2v) is 10.4. The van der Waals surface area contributed by atoms with E-state index in [0.717, 1.165) is 64.6 Å². The Bertz CT molecular complexity index is 581. The summed E-state index contributed by atoms with van der Waals surface area (Å²) in [5, 5.41) is 0. The molecular weight excluding hydrogens is 462 g/mol. The maximum atomic E-state index is 12.0. The van der Waals surface area contributed by atoms with Gasteiger partial charge in [0.2, 0.25) is 0 Å². The van der Waals surface area contributed by atoms with Crippen LogP contribution in [0.3, 0.4) is 0 Å². The fraction of sp³-hybridized carbons (Fsp3) is 0.812. The molecule has 0 rings (SSSR count). The van der Waals surface area contributed by atoms with Crippen molar-refractivity contribution in [3.05, 3.63) is 24.3 Å². The summed E-state index contributed by atoms with van der Waals surface area (Å²) in [6, 6.07) is 0. The Hall–Kier alpha value is -1.62. The average Bonchev–Trinajstić information content (AvgIpc) is 2.88. The van der Waals surface area contributed by atoms with Crippen LogP contribution < -0.4 is 0 Å². The van der Waals surface area contributed by atoms with E-state index in [9.17, 15) is 9.59 Å². The number of carbonyl (C=O) groups excluding carboxylic acids is 2. The van der Waals surface area contributed by atoms with E-state index in [1.54, 1.807) is 0 Å². The van der Waals surface area contributed by atoms with Crippen molar-refractivity contribution in [2.24, 2.45) is 5.92 Å². The SMILES string of the molecule is CCCCC/C=C\C/C=C\CCCCCCCC(=O)OCC(C)COC(=O)CCCN(CCC)CCC. The summed E-state index contributed by atoms with van der Waals surface area (Å²) in [7, 11) is 0. The van der Waals surface area contributed by atoms with E-state index < -0.39 is 0 Å². The molecule has 5 nitrogen and oxygen atoms in total. The van der Waals surface area contributed by atoms with Crippen molar-refractivity contribution in [1.29, 1.82) is 0 Å². The molecule has 0 saturated carbocycles. The van der Waals surface area contributed by atoms with Crippen molar-refractivity contribution in [2.75, 3.05) is 32.8 Å². The van der Waals surface area contributed by atoms with Gasteiger partial charge in [-0.3, -0.25) is 9.59 Å². The Morgan fingerprint density at radius 3 is 1.70 bits per heavy atom.